The van der Waals surface area contributed by atoms with E-state index in [0.717, 1.165) is 0 Å². The SMILES string of the molecule is C=C1C(=O)OC2C1CCC1(C)CC(OC(C)=O)CC(=C)C21OO. The quantitative estimate of drug-likeness (QED) is 0.276. The summed E-state index contributed by atoms with van der Waals surface area (Å²) in [4.78, 5) is 28.2. The zero-order chi connectivity index (χ0) is 17.0. The van der Waals surface area contributed by atoms with Gasteiger partial charge in [-0.1, -0.05) is 20.1 Å². The summed E-state index contributed by atoms with van der Waals surface area (Å²) in [6, 6.07) is 0. The molecule has 0 spiro atoms. The minimum Gasteiger partial charge on any atom is -0.462 e. The van der Waals surface area contributed by atoms with Crippen molar-refractivity contribution in [2.75, 3.05) is 0 Å². The van der Waals surface area contributed by atoms with Crippen molar-refractivity contribution in [2.45, 2.75) is 57.3 Å². The molecule has 0 amide bonds. The molecule has 5 atom stereocenters. The molecular formula is C17H22O6. The first kappa shape index (κ1) is 16.2. The van der Waals surface area contributed by atoms with Crippen molar-refractivity contribution in [2.24, 2.45) is 11.3 Å². The maximum absolute atomic E-state index is 11.9. The van der Waals surface area contributed by atoms with Crippen LogP contribution < -0.4 is 0 Å². The van der Waals surface area contributed by atoms with Crippen LogP contribution in [0.3, 0.4) is 0 Å². The highest BCUT2D eigenvalue weighted by Gasteiger charge is 2.68. The number of hydrogen-bond donors (Lipinski definition) is 1. The highest BCUT2D eigenvalue weighted by atomic mass is 17.1. The second-order valence-electron chi connectivity index (χ2n) is 7.13. The average Bonchev–Trinajstić information content (AvgIpc) is 2.73. The van der Waals surface area contributed by atoms with Crippen LogP contribution >= 0.6 is 0 Å². The first-order chi connectivity index (χ1) is 10.7. The van der Waals surface area contributed by atoms with Crippen LogP contribution in [0.5, 0.6) is 0 Å². The van der Waals surface area contributed by atoms with E-state index in [2.05, 4.69) is 13.2 Å². The largest absolute Gasteiger partial charge is 0.462 e. The van der Waals surface area contributed by atoms with Crippen molar-refractivity contribution in [1.29, 1.82) is 0 Å². The standard InChI is InChI=1S/C17H22O6/c1-9-7-12(21-11(3)18)8-16(4)6-5-13-10(2)15(19)22-14(13)17(9,16)23-20/h12-14,20H,1-2,5-8H2,3-4H3. The van der Waals surface area contributed by atoms with Crippen LogP contribution in [-0.4, -0.2) is 35.0 Å². The Kier molecular flexibility index (Phi) is 3.65. The van der Waals surface area contributed by atoms with Gasteiger partial charge >= 0.3 is 11.9 Å². The van der Waals surface area contributed by atoms with Crippen molar-refractivity contribution in [3.63, 3.8) is 0 Å². The summed E-state index contributed by atoms with van der Waals surface area (Å²) in [6.45, 7) is 11.2. The number of carbonyl (C=O) groups excluding carboxylic acids is 2. The van der Waals surface area contributed by atoms with E-state index in [1.54, 1.807) is 0 Å². The predicted octanol–water partition coefficient (Wildman–Crippen LogP) is 2.39. The topological polar surface area (TPSA) is 82.1 Å². The summed E-state index contributed by atoms with van der Waals surface area (Å²) < 4.78 is 10.9. The van der Waals surface area contributed by atoms with E-state index in [1.807, 2.05) is 6.92 Å². The third kappa shape index (κ3) is 2.08. The lowest BCUT2D eigenvalue weighted by atomic mass is 9.52. The molecule has 6 nitrogen and oxygen atoms in total. The minimum atomic E-state index is -1.19. The van der Waals surface area contributed by atoms with Gasteiger partial charge in [0.15, 0.2) is 5.60 Å². The first-order valence-electron chi connectivity index (χ1n) is 7.83. The van der Waals surface area contributed by atoms with Crippen molar-refractivity contribution in [1.82, 2.24) is 0 Å². The Bertz CT molecular complexity index is 596. The van der Waals surface area contributed by atoms with Crippen molar-refractivity contribution >= 4 is 11.9 Å². The van der Waals surface area contributed by atoms with Gasteiger partial charge < -0.3 is 9.47 Å². The minimum absolute atomic E-state index is 0.190. The molecule has 0 aromatic carbocycles. The van der Waals surface area contributed by atoms with E-state index in [0.29, 0.717) is 36.8 Å². The summed E-state index contributed by atoms with van der Waals surface area (Å²) in [6.07, 6.45) is 1.31. The number of hydrogen-bond acceptors (Lipinski definition) is 6. The molecule has 0 bridgehead atoms. The molecule has 1 heterocycles. The van der Waals surface area contributed by atoms with Crippen LogP contribution in [0.25, 0.3) is 0 Å². The molecule has 6 heteroatoms. The van der Waals surface area contributed by atoms with E-state index in [1.165, 1.54) is 6.92 Å². The Labute approximate surface area is 135 Å². The summed E-state index contributed by atoms with van der Waals surface area (Å²) in [5.41, 5.74) is -0.745. The highest BCUT2D eigenvalue weighted by Crippen LogP contribution is 2.61. The third-order valence-electron chi connectivity index (χ3n) is 5.77. The number of rotatable bonds is 2. The highest BCUT2D eigenvalue weighted by molar-refractivity contribution is 5.91. The lowest BCUT2D eigenvalue weighted by Gasteiger charge is -2.57. The Morgan fingerprint density at radius 1 is 1.43 bits per heavy atom. The van der Waals surface area contributed by atoms with E-state index in [4.69, 9.17) is 14.4 Å². The summed E-state index contributed by atoms with van der Waals surface area (Å²) in [5.74, 6) is -0.987. The van der Waals surface area contributed by atoms with Crippen molar-refractivity contribution in [3.05, 3.63) is 24.3 Å². The van der Waals surface area contributed by atoms with Crippen LogP contribution in [-0.2, 0) is 24.0 Å². The zero-order valence-corrected chi connectivity index (χ0v) is 13.5. The van der Waals surface area contributed by atoms with Crippen LogP contribution in [0.15, 0.2) is 24.3 Å². The normalized spacial score (nSPS) is 42.7. The molecule has 5 unspecified atom stereocenters. The smallest absolute Gasteiger partial charge is 0.334 e. The Morgan fingerprint density at radius 2 is 2.13 bits per heavy atom. The van der Waals surface area contributed by atoms with Gasteiger partial charge in [-0.05, 0) is 24.8 Å². The van der Waals surface area contributed by atoms with Gasteiger partial charge in [-0.3, -0.25) is 10.1 Å². The fourth-order valence-electron chi connectivity index (χ4n) is 4.73. The molecule has 1 saturated heterocycles. The van der Waals surface area contributed by atoms with Gasteiger partial charge in [-0.2, -0.15) is 0 Å². The zero-order valence-electron chi connectivity index (χ0n) is 13.5. The molecule has 126 valence electrons. The van der Waals surface area contributed by atoms with Crippen LogP contribution in [0, 0.1) is 11.3 Å². The molecule has 0 radical (unpaired) electrons. The lowest BCUT2D eigenvalue weighted by molar-refractivity contribution is -0.376. The van der Waals surface area contributed by atoms with E-state index in [9.17, 15) is 14.8 Å². The molecule has 0 aromatic heterocycles. The maximum atomic E-state index is 11.9. The number of carbonyl (C=O) groups is 2. The van der Waals surface area contributed by atoms with E-state index in [-0.39, 0.29) is 18.0 Å². The van der Waals surface area contributed by atoms with Gasteiger partial charge in [-0.15, -0.1) is 0 Å². The summed E-state index contributed by atoms with van der Waals surface area (Å²) >= 11 is 0. The molecule has 2 aliphatic carbocycles. The Hall–Kier alpha value is -1.66. The molecular weight excluding hydrogens is 300 g/mol. The second-order valence-corrected chi connectivity index (χ2v) is 7.13. The van der Waals surface area contributed by atoms with Gasteiger partial charge in [0.25, 0.3) is 0 Å². The predicted molar refractivity (Wildman–Crippen MR) is 80.2 cm³/mol. The fourth-order valence-corrected chi connectivity index (χ4v) is 4.73. The Balaban J connectivity index is 2.00. The Morgan fingerprint density at radius 3 is 2.74 bits per heavy atom. The van der Waals surface area contributed by atoms with Gasteiger partial charge in [0, 0.05) is 30.3 Å². The number of esters is 2. The first-order valence-corrected chi connectivity index (χ1v) is 7.83. The van der Waals surface area contributed by atoms with Gasteiger partial charge in [-0.25, -0.2) is 9.68 Å². The van der Waals surface area contributed by atoms with Gasteiger partial charge in [0.05, 0.1) is 0 Å². The summed E-state index contributed by atoms with van der Waals surface area (Å²) in [5, 5.41) is 9.81. The van der Waals surface area contributed by atoms with Gasteiger partial charge in [0.1, 0.15) is 12.2 Å². The molecule has 1 N–H and O–H groups in total. The molecule has 1 aliphatic heterocycles. The van der Waals surface area contributed by atoms with Crippen LogP contribution in [0.2, 0.25) is 0 Å². The number of ether oxygens (including phenoxy) is 2. The molecule has 2 saturated carbocycles. The molecule has 3 fully saturated rings. The second kappa shape index (κ2) is 5.18. The third-order valence-corrected chi connectivity index (χ3v) is 5.77. The maximum Gasteiger partial charge on any atom is 0.334 e. The molecule has 3 aliphatic rings. The number of fused-ring (bicyclic) bond motifs is 3. The van der Waals surface area contributed by atoms with E-state index < -0.39 is 23.1 Å². The van der Waals surface area contributed by atoms with Gasteiger partial charge in [0.2, 0.25) is 0 Å². The van der Waals surface area contributed by atoms with Crippen LogP contribution in [0.1, 0.15) is 39.5 Å². The summed E-state index contributed by atoms with van der Waals surface area (Å²) in [7, 11) is 0. The van der Waals surface area contributed by atoms with Crippen LogP contribution in [0.4, 0.5) is 0 Å². The molecule has 0 aromatic rings. The monoisotopic (exact) mass is 322 g/mol. The molecule has 3 rings (SSSR count). The fraction of sp³-hybridized carbons (Fsp3) is 0.647. The average molecular weight is 322 g/mol. The van der Waals surface area contributed by atoms with Crippen molar-refractivity contribution in [3.8, 4) is 0 Å². The molecule has 23 heavy (non-hydrogen) atoms. The lowest BCUT2D eigenvalue weighted by Crippen LogP contribution is -2.65. The van der Waals surface area contributed by atoms with Crippen molar-refractivity contribution < 1.29 is 29.2 Å². The van der Waals surface area contributed by atoms with E-state index >= 15 is 0 Å².